The molecule has 0 aliphatic heterocycles. The van der Waals surface area contributed by atoms with Crippen LogP contribution in [-0.2, 0) is 9.59 Å². The fourth-order valence-electron chi connectivity index (χ4n) is 3.60. The minimum atomic E-state index is -1.01. The van der Waals surface area contributed by atoms with Crippen LogP contribution >= 0.6 is 11.3 Å². The maximum absolute atomic E-state index is 12.5. The Kier molecular flexibility index (Phi) is 9.13. The molecule has 3 aromatic rings. The third-order valence-corrected chi connectivity index (χ3v) is 6.85. The van der Waals surface area contributed by atoms with Gasteiger partial charge in [0, 0.05) is 16.2 Å². The number of hydrogen-bond donors (Lipinski definition) is 1. The van der Waals surface area contributed by atoms with Gasteiger partial charge in [0.1, 0.15) is 11.5 Å². The van der Waals surface area contributed by atoms with E-state index in [0.717, 1.165) is 32.2 Å². The van der Waals surface area contributed by atoms with Crippen molar-refractivity contribution in [1.82, 2.24) is 0 Å². The van der Waals surface area contributed by atoms with Gasteiger partial charge in [-0.3, -0.25) is 4.79 Å². The van der Waals surface area contributed by atoms with E-state index in [1.54, 1.807) is 42.6 Å². The average molecular weight is 531 g/mol. The van der Waals surface area contributed by atoms with Gasteiger partial charge < -0.3 is 14.6 Å². The minimum absolute atomic E-state index is 0.300. The van der Waals surface area contributed by atoms with Crippen LogP contribution in [0, 0.1) is 5.41 Å². The number of allylic oxidation sites excluding steroid dienone is 5. The number of benzene rings is 2. The molecule has 0 saturated heterocycles. The Morgan fingerprint density at radius 2 is 1.74 bits per heavy atom. The molecule has 0 atom stereocenters. The molecule has 1 N–H and O–H groups in total. The number of rotatable bonds is 9. The molecule has 2 aromatic carbocycles. The number of ether oxygens (including phenoxy) is 2. The van der Waals surface area contributed by atoms with Gasteiger partial charge in [-0.25, -0.2) is 4.79 Å². The molecule has 0 fully saturated rings. The van der Waals surface area contributed by atoms with E-state index in [1.807, 2.05) is 45.0 Å². The Morgan fingerprint density at radius 1 is 1.03 bits per heavy atom. The summed E-state index contributed by atoms with van der Waals surface area (Å²) in [6, 6.07) is 13.8. The largest absolute Gasteiger partial charge is 0.478 e. The number of carboxylic acids is 1. The zero-order valence-electron chi connectivity index (χ0n) is 22.7. The van der Waals surface area contributed by atoms with Crippen molar-refractivity contribution < 1.29 is 24.2 Å². The number of hydrogen-bond acceptors (Lipinski definition) is 5. The molecular weight excluding hydrogens is 496 g/mol. The molecule has 0 radical (unpaired) electrons. The summed E-state index contributed by atoms with van der Waals surface area (Å²) in [5, 5.41) is 9.76. The number of carboxylic acid groups (broad SMARTS) is 1. The predicted octanol–water partition coefficient (Wildman–Crippen LogP) is 8.68. The molecule has 38 heavy (non-hydrogen) atoms. The Morgan fingerprint density at radius 3 is 2.37 bits per heavy atom. The molecule has 0 amide bonds. The lowest BCUT2D eigenvalue weighted by molar-refractivity contribution is -0.143. The van der Waals surface area contributed by atoms with Crippen LogP contribution in [0.4, 0.5) is 0 Å². The van der Waals surface area contributed by atoms with Crippen LogP contribution in [0.25, 0.3) is 20.5 Å². The molecule has 0 spiro atoms. The molecule has 0 unspecified atom stereocenters. The highest BCUT2D eigenvalue weighted by atomic mass is 32.1. The first-order valence-electron chi connectivity index (χ1n) is 12.4. The number of carbonyl (C=O) groups is 2. The highest BCUT2D eigenvalue weighted by Crippen LogP contribution is 2.48. The second-order valence-corrected chi connectivity index (χ2v) is 11.3. The lowest BCUT2D eigenvalue weighted by atomic mass is 9.96. The summed E-state index contributed by atoms with van der Waals surface area (Å²) < 4.78 is 13.0. The number of carbonyl (C=O) groups excluding carboxylic acids is 1. The van der Waals surface area contributed by atoms with E-state index in [0.29, 0.717) is 23.2 Å². The first-order chi connectivity index (χ1) is 17.9. The predicted molar refractivity (Wildman–Crippen MR) is 156 cm³/mol. The maximum Gasteiger partial charge on any atom is 0.328 e. The molecule has 0 bridgehead atoms. The van der Waals surface area contributed by atoms with Crippen molar-refractivity contribution >= 4 is 33.4 Å². The Bertz CT molecular complexity index is 1440. The van der Waals surface area contributed by atoms with Crippen LogP contribution in [-0.4, -0.2) is 17.0 Å². The van der Waals surface area contributed by atoms with E-state index >= 15 is 0 Å². The van der Waals surface area contributed by atoms with Gasteiger partial charge in [-0.2, -0.15) is 0 Å². The van der Waals surface area contributed by atoms with Crippen molar-refractivity contribution in [2.45, 2.75) is 47.5 Å². The second-order valence-electron chi connectivity index (χ2n) is 10.3. The molecule has 0 aliphatic rings. The molecule has 1 aromatic heterocycles. The van der Waals surface area contributed by atoms with Crippen LogP contribution in [0.5, 0.6) is 11.5 Å². The summed E-state index contributed by atoms with van der Waals surface area (Å²) in [5.41, 5.74) is 2.41. The zero-order chi connectivity index (χ0) is 28.0. The second kappa shape index (κ2) is 12.1. The van der Waals surface area contributed by atoms with Crippen molar-refractivity contribution in [1.29, 1.82) is 0 Å². The lowest BCUT2D eigenvalue weighted by Crippen LogP contribution is -2.25. The fourth-order valence-corrected chi connectivity index (χ4v) is 4.80. The average Bonchev–Trinajstić information content (AvgIpc) is 3.21. The van der Waals surface area contributed by atoms with E-state index < -0.39 is 11.4 Å². The van der Waals surface area contributed by atoms with Crippen molar-refractivity contribution in [3.8, 4) is 21.9 Å². The Hall–Kier alpha value is -3.90. The summed E-state index contributed by atoms with van der Waals surface area (Å²) in [6.07, 6.45) is 7.76. The monoisotopic (exact) mass is 530 g/mol. The van der Waals surface area contributed by atoms with E-state index in [-0.39, 0.29) is 5.97 Å². The third-order valence-electron chi connectivity index (χ3n) is 5.69. The lowest BCUT2D eigenvalue weighted by Gasteiger charge is -2.16. The van der Waals surface area contributed by atoms with Gasteiger partial charge in [0.05, 0.1) is 10.3 Å². The number of fused-ring (bicyclic) bond motifs is 1. The van der Waals surface area contributed by atoms with Gasteiger partial charge in [0.15, 0.2) is 5.75 Å². The van der Waals surface area contributed by atoms with Gasteiger partial charge in [-0.05, 0) is 75.1 Å². The summed E-state index contributed by atoms with van der Waals surface area (Å²) in [7, 11) is 0. The van der Waals surface area contributed by atoms with Crippen LogP contribution < -0.4 is 9.47 Å². The molecule has 198 valence electrons. The van der Waals surface area contributed by atoms with Crippen molar-refractivity contribution in [3.63, 3.8) is 0 Å². The van der Waals surface area contributed by atoms with Gasteiger partial charge in [0.25, 0.3) is 0 Å². The zero-order valence-corrected chi connectivity index (χ0v) is 23.5. The van der Waals surface area contributed by atoms with Gasteiger partial charge in [0.2, 0.25) is 0 Å². The van der Waals surface area contributed by atoms with Crippen molar-refractivity contribution in [2.24, 2.45) is 5.41 Å². The van der Waals surface area contributed by atoms with Gasteiger partial charge in [-0.1, -0.05) is 62.4 Å². The SMILES string of the molecule is C=C\C(=C/C=C(C)/C=C/C(=O)O)Oc1c(-c2ccccc2C(C)C)sc2cc(OC(=O)C(C)(C)C)ccc12. The van der Waals surface area contributed by atoms with Gasteiger partial charge >= 0.3 is 11.9 Å². The summed E-state index contributed by atoms with van der Waals surface area (Å²) in [6.45, 7) is 15.5. The van der Waals surface area contributed by atoms with E-state index in [2.05, 4.69) is 32.6 Å². The van der Waals surface area contributed by atoms with E-state index in [4.69, 9.17) is 14.6 Å². The summed E-state index contributed by atoms with van der Waals surface area (Å²) in [4.78, 5) is 24.3. The maximum atomic E-state index is 12.5. The Labute approximate surface area is 228 Å². The first kappa shape index (κ1) is 28.7. The highest BCUT2D eigenvalue weighted by Gasteiger charge is 2.25. The van der Waals surface area contributed by atoms with Crippen LogP contribution in [0.2, 0.25) is 0 Å². The number of esters is 1. The normalized spacial score (nSPS) is 12.8. The van der Waals surface area contributed by atoms with Crippen LogP contribution in [0.1, 0.15) is 53.0 Å². The molecule has 1 heterocycles. The first-order valence-corrected chi connectivity index (χ1v) is 13.2. The fraction of sp³-hybridized carbons (Fsp3) is 0.250. The van der Waals surface area contributed by atoms with Crippen molar-refractivity contribution in [3.05, 3.63) is 96.3 Å². The molecule has 0 aliphatic carbocycles. The van der Waals surface area contributed by atoms with Gasteiger partial charge in [-0.15, -0.1) is 11.3 Å². The molecule has 0 saturated carbocycles. The molecule has 6 heteroatoms. The Balaban J connectivity index is 2.14. The van der Waals surface area contributed by atoms with Crippen molar-refractivity contribution in [2.75, 3.05) is 0 Å². The minimum Gasteiger partial charge on any atom is -0.478 e. The third kappa shape index (κ3) is 7.11. The standard InChI is InChI=1S/C32H34O5S/c1-8-22(15-13-21(4)14-18-28(33)34)36-29-26-17-16-23(37-31(35)32(5,6)7)19-27(26)38-30(29)25-12-10-9-11-24(25)20(2)3/h8-20H,1H2,2-7H3,(H,33,34)/b18-14+,21-13+,22-15+. The summed E-state index contributed by atoms with van der Waals surface area (Å²) >= 11 is 1.58. The van der Waals surface area contributed by atoms with Crippen LogP contribution in [0.3, 0.4) is 0 Å². The highest BCUT2D eigenvalue weighted by molar-refractivity contribution is 7.22. The smallest absolute Gasteiger partial charge is 0.328 e. The number of thiophene rings is 1. The van der Waals surface area contributed by atoms with Crippen LogP contribution in [0.15, 0.2) is 90.8 Å². The molecule has 5 nitrogen and oxygen atoms in total. The van der Waals surface area contributed by atoms with E-state index in [9.17, 15) is 9.59 Å². The number of aliphatic carboxylic acids is 1. The molecular formula is C32H34O5S. The quantitative estimate of drug-likeness (QED) is 0.0985. The van der Waals surface area contributed by atoms with E-state index in [1.165, 1.54) is 11.6 Å². The topological polar surface area (TPSA) is 72.8 Å². The molecule has 3 rings (SSSR count). The summed E-state index contributed by atoms with van der Waals surface area (Å²) in [5.74, 6) is 0.675.